The number of anilines is 1. The highest BCUT2D eigenvalue weighted by Gasteiger charge is 2.39. The Morgan fingerprint density at radius 1 is 1.31 bits per heavy atom. The van der Waals surface area contributed by atoms with Crippen LogP contribution in [0.1, 0.15) is 36.8 Å². The minimum absolute atomic E-state index is 0.0316. The highest BCUT2D eigenvalue weighted by atomic mass is 19.1. The molecule has 2 heterocycles. The molecule has 2 N–H and O–H groups in total. The Bertz CT molecular complexity index is 943. The molecule has 7 nitrogen and oxygen atoms in total. The van der Waals surface area contributed by atoms with Gasteiger partial charge in [0.15, 0.2) is 0 Å². The van der Waals surface area contributed by atoms with E-state index >= 15 is 0 Å². The number of benzene rings is 1. The zero-order chi connectivity index (χ0) is 20.4. The molecule has 0 bridgehead atoms. The summed E-state index contributed by atoms with van der Waals surface area (Å²) in [4.78, 5) is 35.6. The number of nitrogens with one attached hydrogen (secondary N) is 2. The average Bonchev–Trinajstić information content (AvgIpc) is 3.54. The average molecular weight is 399 g/mol. The lowest BCUT2D eigenvalue weighted by Crippen LogP contribution is -2.54. The quantitative estimate of drug-likeness (QED) is 0.810. The van der Waals surface area contributed by atoms with Crippen LogP contribution in [-0.4, -0.2) is 46.1 Å². The highest BCUT2D eigenvalue weighted by Crippen LogP contribution is 2.32. The maximum atomic E-state index is 14.0. The first-order chi connectivity index (χ1) is 14.0. The van der Waals surface area contributed by atoms with Gasteiger partial charge in [-0.15, -0.1) is 0 Å². The number of aromatic nitrogens is 2. The van der Waals surface area contributed by atoms with Crippen molar-refractivity contribution >= 4 is 12.0 Å². The molecule has 29 heavy (non-hydrogen) atoms. The lowest BCUT2D eigenvalue weighted by atomic mass is 10.0. The summed E-state index contributed by atoms with van der Waals surface area (Å²) >= 11 is 0. The second kappa shape index (κ2) is 8.23. The first-order valence-corrected chi connectivity index (χ1v) is 10.1. The summed E-state index contributed by atoms with van der Waals surface area (Å²) in [5, 5.41) is 2.90. The van der Waals surface area contributed by atoms with E-state index in [0.29, 0.717) is 18.1 Å². The van der Waals surface area contributed by atoms with E-state index in [2.05, 4.69) is 15.3 Å². The lowest BCUT2D eigenvalue weighted by molar-refractivity contribution is 0.160. The number of hydrogen-bond acceptors (Lipinski definition) is 4. The SMILES string of the molecule is Cc1ccc(F)c(CNC(=O)N(C2CC2)[C@@H]2CCCN(c3nccc(=O)[nH]3)C2)c1. The van der Waals surface area contributed by atoms with Crippen LogP contribution < -0.4 is 15.8 Å². The molecule has 2 aliphatic rings. The molecule has 0 radical (unpaired) electrons. The molecular formula is C21H26FN5O2. The minimum Gasteiger partial charge on any atom is -0.340 e. The monoisotopic (exact) mass is 399 g/mol. The van der Waals surface area contributed by atoms with Crippen LogP contribution in [0.4, 0.5) is 15.1 Å². The van der Waals surface area contributed by atoms with E-state index in [0.717, 1.165) is 37.8 Å². The normalized spacial score (nSPS) is 19.1. The molecule has 0 unspecified atom stereocenters. The molecule has 0 spiro atoms. The van der Waals surface area contributed by atoms with E-state index in [-0.39, 0.29) is 36.0 Å². The van der Waals surface area contributed by atoms with Gasteiger partial charge in [0.1, 0.15) is 5.82 Å². The predicted molar refractivity (Wildman–Crippen MR) is 108 cm³/mol. The van der Waals surface area contributed by atoms with E-state index in [4.69, 9.17) is 0 Å². The fourth-order valence-electron chi connectivity index (χ4n) is 3.98. The van der Waals surface area contributed by atoms with Crippen molar-refractivity contribution in [3.8, 4) is 0 Å². The Morgan fingerprint density at radius 3 is 2.90 bits per heavy atom. The van der Waals surface area contributed by atoms with Gasteiger partial charge in [0.05, 0.1) is 6.04 Å². The number of halogens is 1. The smallest absolute Gasteiger partial charge is 0.318 e. The summed E-state index contributed by atoms with van der Waals surface area (Å²) in [6.45, 7) is 3.48. The highest BCUT2D eigenvalue weighted by molar-refractivity contribution is 5.75. The van der Waals surface area contributed by atoms with Gasteiger partial charge in [0, 0.05) is 43.5 Å². The number of piperidine rings is 1. The van der Waals surface area contributed by atoms with Gasteiger partial charge >= 0.3 is 6.03 Å². The van der Waals surface area contributed by atoms with Crippen LogP contribution in [0.5, 0.6) is 0 Å². The number of nitrogens with zero attached hydrogens (tertiary/aromatic N) is 3. The summed E-state index contributed by atoms with van der Waals surface area (Å²) < 4.78 is 14.0. The maximum absolute atomic E-state index is 14.0. The molecule has 1 atom stereocenters. The second-order valence-electron chi connectivity index (χ2n) is 7.89. The van der Waals surface area contributed by atoms with Crippen molar-refractivity contribution in [2.45, 2.75) is 51.2 Å². The summed E-state index contributed by atoms with van der Waals surface area (Å²) in [5.74, 6) is 0.233. The van der Waals surface area contributed by atoms with Crippen molar-refractivity contribution in [1.29, 1.82) is 0 Å². The Hall–Kier alpha value is -2.90. The molecule has 4 rings (SSSR count). The molecule has 154 valence electrons. The zero-order valence-corrected chi connectivity index (χ0v) is 16.5. The molecule has 1 aromatic heterocycles. The van der Waals surface area contributed by atoms with Gasteiger partial charge in [-0.3, -0.25) is 9.78 Å². The van der Waals surface area contributed by atoms with Crippen molar-refractivity contribution in [2.75, 3.05) is 18.0 Å². The third-order valence-electron chi connectivity index (χ3n) is 5.55. The van der Waals surface area contributed by atoms with Crippen LogP contribution in [-0.2, 0) is 6.54 Å². The molecular weight excluding hydrogens is 373 g/mol. The molecule has 1 saturated heterocycles. The van der Waals surface area contributed by atoms with Gasteiger partial charge in [-0.25, -0.2) is 14.2 Å². The molecule has 1 aliphatic carbocycles. The Morgan fingerprint density at radius 2 is 2.14 bits per heavy atom. The van der Waals surface area contributed by atoms with Crippen LogP contribution in [0.2, 0.25) is 0 Å². The van der Waals surface area contributed by atoms with E-state index in [1.807, 2.05) is 16.7 Å². The number of H-pyrrole nitrogens is 1. The van der Waals surface area contributed by atoms with Crippen LogP contribution in [0.25, 0.3) is 0 Å². The fraction of sp³-hybridized carbons (Fsp3) is 0.476. The molecule has 1 saturated carbocycles. The molecule has 2 amide bonds. The number of aromatic amines is 1. The predicted octanol–water partition coefficient (Wildman–Crippen LogP) is 2.56. The zero-order valence-electron chi connectivity index (χ0n) is 16.5. The Labute approximate surface area is 168 Å². The van der Waals surface area contributed by atoms with Gasteiger partial charge in [0.25, 0.3) is 5.56 Å². The number of amides is 2. The number of rotatable bonds is 5. The van der Waals surface area contributed by atoms with Crippen molar-refractivity contribution < 1.29 is 9.18 Å². The van der Waals surface area contributed by atoms with E-state index in [1.165, 1.54) is 18.3 Å². The van der Waals surface area contributed by atoms with Crippen molar-refractivity contribution in [3.05, 3.63) is 57.8 Å². The second-order valence-corrected chi connectivity index (χ2v) is 7.89. The van der Waals surface area contributed by atoms with E-state index < -0.39 is 0 Å². The van der Waals surface area contributed by atoms with Crippen LogP contribution in [0.3, 0.4) is 0 Å². The minimum atomic E-state index is -0.309. The van der Waals surface area contributed by atoms with Crippen molar-refractivity contribution in [1.82, 2.24) is 20.2 Å². The first kappa shape index (κ1) is 19.4. The molecule has 2 aromatic rings. The van der Waals surface area contributed by atoms with Gasteiger partial charge in [-0.05, 0) is 38.7 Å². The number of carbonyl (C=O) groups is 1. The van der Waals surface area contributed by atoms with Crippen LogP contribution >= 0.6 is 0 Å². The number of aryl methyl sites for hydroxylation is 1. The topological polar surface area (TPSA) is 81.3 Å². The molecule has 8 heteroatoms. The first-order valence-electron chi connectivity index (χ1n) is 10.1. The van der Waals surface area contributed by atoms with Crippen molar-refractivity contribution in [2.24, 2.45) is 0 Å². The van der Waals surface area contributed by atoms with Gasteiger partial charge < -0.3 is 15.1 Å². The van der Waals surface area contributed by atoms with Crippen LogP contribution in [0, 0.1) is 12.7 Å². The van der Waals surface area contributed by atoms with Gasteiger partial charge in [0.2, 0.25) is 5.95 Å². The van der Waals surface area contributed by atoms with Gasteiger partial charge in [-0.1, -0.05) is 17.7 Å². The summed E-state index contributed by atoms with van der Waals surface area (Å²) in [7, 11) is 0. The Kier molecular flexibility index (Phi) is 5.51. The largest absolute Gasteiger partial charge is 0.340 e. The number of carbonyl (C=O) groups excluding carboxylic acids is 1. The third kappa shape index (κ3) is 4.58. The maximum Gasteiger partial charge on any atom is 0.318 e. The van der Waals surface area contributed by atoms with E-state index in [9.17, 15) is 14.0 Å². The third-order valence-corrected chi connectivity index (χ3v) is 5.55. The molecule has 1 aromatic carbocycles. The lowest BCUT2D eigenvalue weighted by Gasteiger charge is -2.39. The van der Waals surface area contributed by atoms with Crippen molar-refractivity contribution in [3.63, 3.8) is 0 Å². The summed E-state index contributed by atoms with van der Waals surface area (Å²) in [6, 6.07) is 6.40. The summed E-state index contributed by atoms with van der Waals surface area (Å²) in [6.07, 6.45) is 5.29. The standard InChI is InChI=1S/C21H26FN5O2/c1-14-4-7-18(22)15(11-14)12-24-21(29)27(16-5-6-16)17-3-2-10-26(13-17)20-23-9-8-19(28)25-20/h4,7-9,11,16-17H,2-3,5-6,10,12-13H2,1H3,(H,24,29)(H,23,25,28)/t17-/m1/s1. The van der Waals surface area contributed by atoms with Crippen LogP contribution in [0.15, 0.2) is 35.3 Å². The van der Waals surface area contributed by atoms with Gasteiger partial charge in [-0.2, -0.15) is 0 Å². The number of hydrogen-bond donors (Lipinski definition) is 2. The molecule has 2 fully saturated rings. The Balaban J connectivity index is 1.44. The van der Waals surface area contributed by atoms with E-state index in [1.54, 1.807) is 12.1 Å². The fourth-order valence-corrected chi connectivity index (χ4v) is 3.98. The summed E-state index contributed by atoms with van der Waals surface area (Å²) in [5.41, 5.74) is 1.27. The number of urea groups is 1. The molecule has 1 aliphatic heterocycles.